The van der Waals surface area contributed by atoms with E-state index in [0.717, 1.165) is 37.0 Å². The van der Waals surface area contributed by atoms with E-state index in [2.05, 4.69) is 11.1 Å². The van der Waals surface area contributed by atoms with Crippen LogP contribution in [0.25, 0.3) is 15.9 Å². The molecule has 0 saturated heterocycles. The second-order valence-electron chi connectivity index (χ2n) is 8.53. The maximum atomic E-state index is 10.1. The number of phenols is 1. The SMILES string of the molecule is COc1ccc([C@@H]2c3ccc(O)cc3Oc3ncn4nc(CSc5nc6ccccc6s5)nc4c32)cc1. The minimum absolute atomic E-state index is 0.133. The molecule has 1 aliphatic heterocycles. The lowest BCUT2D eigenvalue weighted by Gasteiger charge is -2.28. The van der Waals surface area contributed by atoms with Gasteiger partial charge < -0.3 is 14.6 Å². The van der Waals surface area contributed by atoms with Crippen LogP contribution in [0.1, 0.15) is 28.4 Å². The van der Waals surface area contributed by atoms with Gasteiger partial charge >= 0.3 is 0 Å². The average molecular weight is 526 g/mol. The summed E-state index contributed by atoms with van der Waals surface area (Å²) in [4.78, 5) is 14.2. The molecular formula is C27H19N5O3S2. The van der Waals surface area contributed by atoms with Crippen molar-refractivity contribution in [3.05, 3.63) is 95.6 Å². The van der Waals surface area contributed by atoms with Gasteiger partial charge in [0.2, 0.25) is 5.88 Å². The third-order valence-corrected chi connectivity index (χ3v) is 8.46. The van der Waals surface area contributed by atoms with Crippen molar-refractivity contribution in [2.45, 2.75) is 16.0 Å². The number of nitrogens with zero attached hydrogens (tertiary/aromatic N) is 5. The number of thiazole rings is 1. The Labute approximate surface area is 219 Å². The fourth-order valence-electron chi connectivity index (χ4n) is 4.59. The topological polar surface area (TPSA) is 94.7 Å². The summed E-state index contributed by atoms with van der Waals surface area (Å²) in [6.45, 7) is 0. The van der Waals surface area contributed by atoms with Gasteiger partial charge in [-0.3, -0.25) is 0 Å². The number of rotatable bonds is 5. The van der Waals surface area contributed by atoms with Gasteiger partial charge in [-0.1, -0.05) is 42.1 Å². The highest BCUT2D eigenvalue weighted by molar-refractivity contribution is 8.00. The second kappa shape index (κ2) is 8.75. The summed E-state index contributed by atoms with van der Waals surface area (Å²) in [5, 5.41) is 14.8. The number of hydrogen-bond donors (Lipinski definition) is 1. The van der Waals surface area contributed by atoms with Gasteiger partial charge in [-0.2, -0.15) is 0 Å². The van der Waals surface area contributed by atoms with Gasteiger partial charge in [-0.25, -0.2) is 19.5 Å². The standard InChI is InChI=1S/C27H19N5O3S2/c1-34-17-9-6-15(7-10-17)23-18-11-8-16(33)12-20(18)35-26-24(23)25-30-22(31-32(25)14-28-26)13-36-27-29-19-4-2-3-5-21(19)37-27/h2-12,14,23,33H,13H2,1H3/t23-/m1/s1. The Morgan fingerprint density at radius 1 is 1.08 bits per heavy atom. The zero-order chi connectivity index (χ0) is 24.9. The Hall–Kier alpha value is -4.15. The molecule has 1 aliphatic rings. The Morgan fingerprint density at radius 2 is 1.95 bits per heavy atom. The summed E-state index contributed by atoms with van der Waals surface area (Å²) in [5.74, 6) is 2.97. The normalized spacial score (nSPS) is 14.4. The predicted molar refractivity (Wildman–Crippen MR) is 142 cm³/mol. The monoisotopic (exact) mass is 525 g/mol. The van der Waals surface area contributed by atoms with Crippen LogP contribution in [-0.2, 0) is 5.75 Å². The van der Waals surface area contributed by atoms with E-state index in [1.807, 2.05) is 48.5 Å². The lowest BCUT2D eigenvalue weighted by atomic mass is 9.84. The van der Waals surface area contributed by atoms with Crippen LogP contribution in [0.3, 0.4) is 0 Å². The fraction of sp³-hybridized carbons (Fsp3) is 0.111. The Morgan fingerprint density at radius 3 is 2.78 bits per heavy atom. The maximum Gasteiger partial charge on any atom is 0.228 e. The number of para-hydroxylation sites is 1. The van der Waals surface area contributed by atoms with Crippen LogP contribution in [0.5, 0.6) is 23.1 Å². The molecule has 4 heterocycles. The van der Waals surface area contributed by atoms with Crippen molar-refractivity contribution in [3.63, 3.8) is 0 Å². The van der Waals surface area contributed by atoms with E-state index in [4.69, 9.17) is 24.5 Å². The van der Waals surface area contributed by atoms with Gasteiger partial charge in [-0.05, 0) is 35.9 Å². The summed E-state index contributed by atoms with van der Waals surface area (Å²) >= 11 is 3.29. The van der Waals surface area contributed by atoms with Crippen LogP contribution in [0.4, 0.5) is 0 Å². The van der Waals surface area contributed by atoms with Crippen LogP contribution < -0.4 is 9.47 Å². The third-order valence-electron chi connectivity index (χ3n) is 6.28. The quantitative estimate of drug-likeness (QED) is 0.272. The number of benzene rings is 3. The van der Waals surface area contributed by atoms with Gasteiger partial charge in [0.05, 0.1) is 28.6 Å². The molecule has 0 unspecified atom stereocenters. The van der Waals surface area contributed by atoms with Crippen LogP contribution >= 0.6 is 23.1 Å². The van der Waals surface area contributed by atoms with E-state index in [1.165, 1.54) is 0 Å². The number of aromatic nitrogens is 5. The molecule has 0 saturated carbocycles. The van der Waals surface area contributed by atoms with Gasteiger partial charge in [0.25, 0.3) is 0 Å². The van der Waals surface area contributed by atoms with Crippen molar-refractivity contribution < 1.29 is 14.6 Å². The van der Waals surface area contributed by atoms with E-state index in [-0.39, 0.29) is 11.7 Å². The van der Waals surface area contributed by atoms with Gasteiger partial charge in [0.15, 0.2) is 15.8 Å². The first kappa shape index (κ1) is 22.1. The maximum absolute atomic E-state index is 10.1. The number of methoxy groups -OCH3 is 1. The molecule has 1 N–H and O–H groups in total. The first-order chi connectivity index (χ1) is 18.2. The van der Waals surface area contributed by atoms with Crippen molar-refractivity contribution in [3.8, 4) is 23.1 Å². The van der Waals surface area contributed by atoms with Gasteiger partial charge in [0.1, 0.15) is 23.6 Å². The highest BCUT2D eigenvalue weighted by Crippen LogP contribution is 2.48. The Kier molecular flexibility index (Phi) is 5.22. The Bertz CT molecular complexity index is 1750. The van der Waals surface area contributed by atoms with E-state index >= 15 is 0 Å². The molecule has 8 nitrogen and oxygen atoms in total. The largest absolute Gasteiger partial charge is 0.508 e. The molecule has 0 spiro atoms. The molecule has 37 heavy (non-hydrogen) atoms. The van der Waals surface area contributed by atoms with Crippen LogP contribution in [0, 0.1) is 0 Å². The average Bonchev–Trinajstić information content (AvgIpc) is 3.54. The molecule has 3 aromatic carbocycles. The zero-order valence-corrected chi connectivity index (χ0v) is 21.2. The zero-order valence-electron chi connectivity index (χ0n) is 19.5. The molecule has 0 fully saturated rings. The molecule has 182 valence electrons. The molecule has 0 amide bonds. The number of phenolic OH excluding ortho intramolecular Hbond substituents is 1. The minimum atomic E-state index is -0.213. The lowest BCUT2D eigenvalue weighted by molar-refractivity contribution is 0.414. The molecular weight excluding hydrogens is 506 g/mol. The van der Waals surface area contributed by atoms with Crippen molar-refractivity contribution in [1.29, 1.82) is 0 Å². The molecule has 3 aromatic heterocycles. The van der Waals surface area contributed by atoms with E-state index in [9.17, 15) is 5.11 Å². The van der Waals surface area contributed by atoms with Crippen molar-refractivity contribution >= 4 is 39.0 Å². The van der Waals surface area contributed by atoms with Gasteiger partial charge in [0, 0.05) is 17.5 Å². The van der Waals surface area contributed by atoms with Crippen LogP contribution in [0.2, 0.25) is 0 Å². The molecule has 10 heteroatoms. The second-order valence-corrected chi connectivity index (χ2v) is 10.8. The first-order valence-corrected chi connectivity index (χ1v) is 13.3. The number of ether oxygens (including phenoxy) is 2. The summed E-state index contributed by atoms with van der Waals surface area (Å²) in [6, 6.07) is 21.2. The van der Waals surface area contributed by atoms with E-state index < -0.39 is 0 Å². The molecule has 6 aromatic rings. The fourth-order valence-corrected chi connectivity index (χ4v) is 6.51. The van der Waals surface area contributed by atoms with Gasteiger partial charge in [-0.15, -0.1) is 16.4 Å². The Balaban J connectivity index is 1.30. The summed E-state index contributed by atoms with van der Waals surface area (Å²) in [5.41, 5.74) is 4.46. The number of aromatic hydroxyl groups is 1. The minimum Gasteiger partial charge on any atom is -0.508 e. The highest BCUT2D eigenvalue weighted by atomic mass is 32.2. The number of hydrogen-bond acceptors (Lipinski definition) is 9. The summed E-state index contributed by atoms with van der Waals surface area (Å²) < 4.78 is 15.4. The lowest BCUT2D eigenvalue weighted by Crippen LogP contribution is -2.15. The highest BCUT2D eigenvalue weighted by Gasteiger charge is 2.33. The molecule has 0 bridgehead atoms. The molecule has 0 aliphatic carbocycles. The van der Waals surface area contributed by atoms with E-state index in [1.54, 1.807) is 53.2 Å². The van der Waals surface area contributed by atoms with Crippen molar-refractivity contribution in [2.24, 2.45) is 0 Å². The summed E-state index contributed by atoms with van der Waals surface area (Å²) in [6.07, 6.45) is 1.62. The van der Waals surface area contributed by atoms with E-state index in [0.29, 0.717) is 28.9 Å². The molecule has 0 radical (unpaired) electrons. The van der Waals surface area contributed by atoms with Crippen molar-refractivity contribution in [2.75, 3.05) is 7.11 Å². The first-order valence-electron chi connectivity index (χ1n) is 11.5. The van der Waals surface area contributed by atoms with Crippen LogP contribution in [-0.4, -0.2) is 36.8 Å². The summed E-state index contributed by atoms with van der Waals surface area (Å²) in [7, 11) is 1.65. The smallest absolute Gasteiger partial charge is 0.228 e. The molecule has 7 rings (SSSR count). The number of fused-ring (bicyclic) bond motifs is 5. The number of thioether (sulfide) groups is 1. The third kappa shape index (κ3) is 3.85. The predicted octanol–water partition coefficient (Wildman–Crippen LogP) is 6.03. The van der Waals surface area contributed by atoms with Crippen molar-refractivity contribution in [1.82, 2.24) is 24.6 Å². The molecule has 1 atom stereocenters. The van der Waals surface area contributed by atoms with Crippen LogP contribution in [0.15, 0.2) is 77.4 Å².